The van der Waals surface area contributed by atoms with Crippen LogP contribution in [0.4, 0.5) is 10.5 Å². The van der Waals surface area contributed by atoms with Gasteiger partial charge in [0.05, 0.1) is 0 Å². The van der Waals surface area contributed by atoms with Crippen LogP contribution in [0.15, 0.2) is 24.3 Å². The molecule has 2 heterocycles. The van der Waals surface area contributed by atoms with E-state index in [1.807, 2.05) is 18.2 Å². The Kier molecular flexibility index (Phi) is 4.97. The maximum absolute atomic E-state index is 12.1. The van der Waals surface area contributed by atoms with Gasteiger partial charge in [-0.2, -0.15) is 0 Å². The molecule has 3 amide bonds. The van der Waals surface area contributed by atoms with Crippen molar-refractivity contribution in [1.82, 2.24) is 20.1 Å². The van der Waals surface area contributed by atoms with Gasteiger partial charge in [0.2, 0.25) is 5.91 Å². The average molecular weight is 342 g/mol. The molecule has 132 valence electrons. The summed E-state index contributed by atoms with van der Waals surface area (Å²) >= 11 is 0. The van der Waals surface area contributed by atoms with Crippen LogP contribution in [0.25, 0.3) is 11.4 Å². The van der Waals surface area contributed by atoms with Crippen molar-refractivity contribution in [3.05, 3.63) is 30.1 Å². The second-order valence-electron chi connectivity index (χ2n) is 6.20. The predicted molar refractivity (Wildman–Crippen MR) is 93.8 cm³/mol. The van der Waals surface area contributed by atoms with Crippen LogP contribution in [-0.4, -0.2) is 32.7 Å². The number of hydrogen-bond donors (Lipinski definition) is 3. The van der Waals surface area contributed by atoms with Gasteiger partial charge in [-0.05, 0) is 31.9 Å². The van der Waals surface area contributed by atoms with Gasteiger partial charge in [-0.15, -0.1) is 10.2 Å². The van der Waals surface area contributed by atoms with Gasteiger partial charge in [0.25, 0.3) is 0 Å². The highest BCUT2D eigenvalue weighted by Gasteiger charge is 2.17. The molecule has 0 saturated carbocycles. The van der Waals surface area contributed by atoms with Gasteiger partial charge in [-0.25, -0.2) is 4.79 Å². The number of nitrogens with zero attached hydrogens (tertiary/aromatic N) is 3. The van der Waals surface area contributed by atoms with Crippen LogP contribution < -0.4 is 16.4 Å². The quantitative estimate of drug-likeness (QED) is 0.784. The SMILES string of the molecule is CC(NC(N)=O)C(=O)Nc1cccc(-c2nnc3n2CCCCC3)c1. The standard InChI is InChI=1S/C17H22N6O2/c1-11(19-17(18)25)16(24)20-13-7-5-6-12(10-13)15-22-21-14-8-3-2-4-9-23(14)15/h5-7,10-11H,2-4,8-9H2,1H3,(H,20,24)(H3,18,19,25). The second kappa shape index (κ2) is 7.33. The molecule has 1 aromatic carbocycles. The monoisotopic (exact) mass is 342 g/mol. The zero-order chi connectivity index (χ0) is 17.8. The Balaban J connectivity index is 1.79. The van der Waals surface area contributed by atoms with Gasteiger partial charge in [0.1, 0.15) is 11.9 Å². The molecule has 25 heavy (non-hydrogen) atoms. The number of carbonyl (C=O) groups excluding carboxylic acids is 2. The van der Waals surface area contributed by atoms with E-state index in [4.69, 9.17) is 5.73 Å². The highest BCUT2D eigenvalue weighted by atomic mass is 16.2. The molecule has 8 heteroatoms. The zero-order valence-electron chi connectivity index (χ0n) is 14.2. The third-order valence-corrected chi connectivity index (χ3v) is 4.25. The van der Waals surface area contributed by atoms with Gasteiger partial charge in [0.15, 0.2) is 5.82 Å². The lowest BCUT2D eigenvalue weighted by Gasteiger charge is -2.13. The molecular weight excluding hydrogens is 320 g/mol. The minimum absolute atomic E-state index is 0.337. The molecule has 0 fully saturated rings. The second-order valence-corrected chi connectivity index (χ2v) is 6.20. The Labute approximate surface area is 145 Å². The lowest BCUT2D eigenvalue weighted by molar-refractivity contribution is -0.117. The van der Waals surface area contributed by atoms with Crippen LogP contribution in [0.3, 0.4) is 0 Å². The third kappa shape index (κ3) is 3.96. The maximum atomic E-state index is 12.1. The predicted octanol–water partition coefficient (Wildman–Crippen LogP) is 1.67. The minimum atomic E-state index is -0.734. The summed E-state index contributed by atoms with van der Waals surface area (Å²) in [4.78, 5) is 23.0. The largest absolute Gasteiger partial charge is 0.352 e. The van der Waals surface area contributed by atoms with Crippen LogP contribution in [-0.2, 0) is 17.8 Å². The number of carbonyl (C=O) groups is 2. The van der Waals surface area contributed by atoms with Gasteiger partial charge in [-0.3, -0.25) is 4.79 Å². The lowest BCUT2D eigenvalue weighted by atomic mass is 10.1. The minimum Gasteiger partial charge on any atom is -0.352 e. The molecule has 8 nitrogen and oxygen atoms in total. The number of rotatable bonds is 4. The first-order chi connectivity index (χ1) is 12.0. The number of anilines is 1. The van der Waals surface area contributed by atoms with Gasteiger partial charge in [0, 0.05) is 24.2 Å². The van der Waals surface area contributed by atoms with E-state index in [1.165, 1.54) is 6.42 Å². The van der Waals surface area contributed by atoms with Crippen LogP contribution in [0.1, 0.15) is 32.0 Å². The number of urea groups is 1. The Morgan fingerprint density at radius 2 is 2.08 bits per heavy atom. The van der Waals surface area contributed by atoms with Crippen molar-refractivity contribution in [2.24, 2.45) is 5.73 Å². The summed E-state index contributed by atoms with van der Waals surface area (Å²) in [6.07, 6.45) is 4.40. The molecule has 1 atom stereocenters. The number of aromatic nitrogens is 3. The van der Waals surface area contributed by atoms with Crippen LogP contribution in [0, 0.1) is 0 Å². The van der Waals surface area contributed by atoms with Gasteiger partial charge >= 0.3 is 6.03 Å². The van der Waals surface area contributed by atoms with E-state index in [2.05, 4.69) is 25.4 Å². The summed E-state index contributed by atoms with van der Waals surface area (Å²) in [6.45, 7) is 2.48. The molecule has 1 unspecified atom stereocenters. The molecule has 0 aliphatic carbocycles. The third-order valence-electron chi connectivity index (χ3n) is 4.25. The average Bonchev–Trinajstić information content (AvgIpc) is 2.83. The molecule has 1 aromatic heterocycles. The van der Waals surface area contributed by atoms with Crippen molar-refractivity contribution < 1.29 is 9.59 Å². The zero-order valence-corrected chi connectivity index (χ0v) is 14.2. The first kappa shape index (κ1) is 16.9. The number of primary amides is 1. The summed E-state index contributed by atoms with van der Waals surface area (Å²) < 4.78 is 2.16. The van der Waals surface area contributed by atoms with Crippen molar-refractivity contribution in [2.75, 3.05) is 5.32 Å². The van der Waals surface area contributed by atoms with Crippen LogP contribution in [0.2, 0.25) is 0 Å². The van der Waals surface area contributed by atoms with Crippen molar-refractivity contribution in [3.8, 4) is 11.4 Å². The number of benzene rings is 1. The maximum Gasteiger partial charge on any atom is 0.312 e. The number of fused-ring (bicyclic) bond motifs is 1. The molecule has 0 bridgehead atoms. The Morgan fingerprint density at radius 3 is 2.88 bits per heavy atom. The van der Waals surface area contributed by atoms with Gasteiger partial charge < -0.3 is 20.9 Å². The molecule has 0 spiro atoms. The van der Waals surface area contributed by atoms with Crippen molar-refractivity contribution in [2.45, 2.75) is 45.2 Å². The summed E-state index contributed by atoms with van der Waals surface area (Å²) in [5.41, 5.74) is 6.57. The number of nitrogens with two attached hydrogens (primary N) is 1. The number of aryl methyl sites for hydroxylation is 1. The molecule has 2 aromatic rings. The van der Waals surface area contributed by atoms with Crippen molar-refractivity contribution >= 4 is 17.6 Å². The lowest BCUT2D eigenvalue weighted by Crippen LogP contribution is -2.44. The van der Waals surface area contributed by atoms with E-state index in [1.54, 1.807) is 13.0 Å². The molecule has 1 aliphatic heterocycles. The van der Waals surface area contributed by atoms with E-state index in [0.717, 1.165) is 43.0 Å². The molecule has 0 saturated heterocycles. The first-order valence-corrected chi connectivity index (χ1v) is 8.44. The highest BCUT2D eigenvalue weighted by Crippen LogP contribution is 2.24. The Bertz CT molecular complexity index is 785. The molecule has 0 radical (unpaired) electrons. The highest BCUT2D eigenvalue weighted by molar-refractivity contribution is 5.96. The fourth-order valence-electron chi connectivity index (χ4n) is 2.96. The normalized spacial score (nSPS) is 14.9. The fraction of sp³-hybridized carbons (Fsp3) is 0.412. The van der Waals surface area contributed by atoms with Crippen LogP contribution >= 0.6 is 0 Å². The number of nitrogens with one attached hydrogen (secondary N) is 2. The number of amides is 3. The number of hydrogen-bond acceptors (Lipinski definition) is 4. The van der Waals surface area contributed by atoms with Crippen molar-refractivity contribution in [1.29, 1.82) is 0 Å². The molecule has 3 rings (SSSR count). The Hall–Kier alpha value is -2.90. The molecular formula is C17H22N6O2. The van der Waals surface area contributed by atoms with E-state index in [-0.39, 0.29) is 5.91 Å². The summed E-state index contributed by atoms with van der Waals surface area (Å²) in [5, 5.41) is 13.8. The van der Waals surface area contributed by atoms with E-state index >= 15 is 0 Å². The van der Waals surface area contributed by atoms with Crippen LogP contribution in [0.5, 0.6) is 0 Å². The summed E-state index contributed by atoms with van der Waals surface area (Å²) in [5.74, 6) is 1.49. The van der Waals surface area contributed by atoms with E-state index < -0.39 is 12.1 Å². The van der Waals surface area contributed by atoms with E-state index in [0.29, 0.717) is 5.69 Å². The smallest absolute Gasteiger partial charge is 0.312 e. The molecule has 1 aliphatic rings. The van der Waals surface area contributed by atoms with E-state index in [9.17, 15) is 9.59 Å². The molecule has 4 N–H and O–H groups in total. The Morgan fingerprint density at radius 1 is 1.24 bits per heavy atom. The van der Waals surface area contributed by atoms with Crippen molar-refractivity contribution in [3.63, 3.8) is 0 Å². The summed E-state index contributed by atoms with van der Waals surface area (Å²) in [6, 6.07) is 6.00. The van der Waals surface area contributed by atoms with Gasteiger partial charge in [-0.1, -0.05) is 18.6 Å². The first-order valence-electron chi connectivity index (χ1n) is 8.44. The fourth-order valence-corrected chi connectivity index (χ4v) is 2.96. The summed E-state index contributed by atoms with van der Waals surface area (Å²) in [7, 11) is 0. The topological polar surface area (TPSA) is 115 Å².